The van der Waals surface area contributed by atoms with Gasteiger partial charge >= 0.3 is 0 Å². The monoisotopic (exact) mass is 369 g/mol. The molecule has 3 aromatic carbocycles. The summed E-state index contributed by atoms with van der Waals surface area (Å²) < 4.78 is 0. The number of aromatic amines is 1. The number of aromatic nitrogens is 1. The summed E-state index contributed by atoms with van der Waals surface area (Å²) in [4.78, 5) is 16.2. The lowest BCUT2D eigenvalue weighted by molar-refractivity contribution is 0.483. The lowest BCUT2D eigenvalue weighted by atomic mass is 9.99. The van der Waals surface area contributed by atoms with Gasteiger partial charge in [0.05, 0.1) is 10.9 Å². The number of fused-ring (bicyclic) bond motifs is 2. The first kappa shape index (κ1) is 15.9. The second-order valence-electron chi connectivity index (χ2n) is 6.46. The molecule has 3 nitrogen and oxygen atoms in total. The molecule has 0 aliphatic heterocycles. The highest BCUT2D eigenvalue weighted by Crippen LogP contribution is 2.41. The molecule has 5 aromatic rings. The fourth-order valence-corrected chi connectivity index (χ4v) is 4.49. The van der Waals surface area contributed by atoms with Gasteiger partial charge in [0.25, 0.3) is 5.56 Å². The lowest BCUT2D eigenvalue weighted by Gasteiger charge is -2.08. The third-order valence-electron chi connectivity index (χ3n) is 4.84. The van der Waals surface area contributed by atoms with Gasteiger partial charge in [0.1, 0.15) is 10.6 Å². The molecule has 0 amide bonds. The van der Waals surface area contributed by atoms with Crippen LogP contribution in [0.15, 0.2) is 83.0 Å². The van der Waals surface area contributed by atoms with Crippen molar-refractivity contribution in [3.8, 4) is 28.0 Å². The highest BCUT2D eigenvalue weighted by atomic mass is 32.1. The quantitative estimate of drug-likeness (QED) is 0.414. The van der Waals surface area contributed by atoms with Crippen LogP contribution in [0.3, 0.4) is 0 Å². The third kappa shape index (κ3) is 2.54. The Kier molecular flexibility index (Phi) is 3.59. The van der Waals surface area contributed by atoms with Crippen molar-refractivity contribution in [1.29, 1.82) is 0 Å². The molecule has 0 bridgehead atoms. The zero-order valence-corrected chi connectivity index (χ0v) is 15.1. The highest BCUT2D eigenvalue weighted by molar-refractivity contribution is 7.17. The second kappa shape index (κ2) is 6.11. The molecule has 4 heteroatoms. The van der Waals surface area contributed by atoms with Gasteiger partial charge in [-0.1, -0.05) is 66.7 Å². The minimum Gasteiger partial charge on any atom is -0.506 e. The molecule has 0 aliphatic carbocycles. The fraction of sp³-hybridized carbons (Fsp3) is 0. The van der Waals surface area contributed by atoms with E-state index in [4.69, 9.17) is 0 Å². The molecule has 0 aliphatic rings. The van der Waals surface area contributed by atoms with Gasteiger partial charge in [0, 0.05) is 10.9 Å². The third-order valence-corrected chi connectivity index (χ3v) is 5.74. The van der Waals surface area contributed by atoms with E-state index in [2.05, 4.69) is 35.3 Å². The molecule has 0 radical (unpaired) electrons. The molecule has 0 unspecified atom stereocenters. The van der Waals surface area contributed by atoms with Crippen molar-refractivity contribution in [3.05, 3.63) is 88.5 Å². The van der Waals surface area contributed by atoms with Crippen LogP contribution in [0.5, 0.6) is 5.75 Å². The number of thiophene rings is 1. The van der Waals surface area contributed by atoms with Crippen molar-refractivity contribution in [2.45, 2.75) is 0 Å². The second-order valence-corrected chi connectivity index (χ2v) is 7.34. The van der Waals surface area contributed by atoms with Crippen LogP contribution >= 0.6 is 11.3 Å². The molecule has 2 heterocycles. The van der Waals surface area contributed by atoms with E-state index in [1.54, 1.807) is 0 Å². The fourth-order valence-electron chi connectivity index (χ4n) is 3.53. The number of H-pyrrole nitrogens is 1. The Morgan fingerprint density at radius 1 is 0.815 bits per heavy atom. The van der Waals surface area contributed by atoms with E-state index < -0.39 is 0 Å². The van der Waals surface area contributed by atoms with Gasteiger partial charge in [0.15, 0.2) is 0 Å². The van der Waals surface area contributed by atoms with Crippen LogP contribution in [0.1, 0.15) is 0 Å². The molecule has 0 atom stereocenters. The van der Waals surface area contributed by atoms with Gasteiger partial charge in [-0.25, -0.2) is 0 Å². The number of nitrogens with one attached hydrogen (secondary N) is 1. The normalized spacial score (nSPS) is 11.3. The number of hydrogen-bond acceptors (Lipinski definition) is 3. The molecular formula is C23H15NO2S. The SMILES string of the molecule is O=c1[nH]c2scc(-c3ccc4ccccc4c3)c2c(O)c1-c1ccccc1. The summed E-state index contributed by atoms with van der Waals surface area (Å²) in [6.07, 6.45) is 0. The summed E-state index contributed by atoms with van der Waals surface area (Å²) in [5, 5.41) is 16.0. The lowest BCUT2D eigenvalue weighted by Crippen LogP contribution is -2.08. The van der Waals surface area contributed by atoms with Gasteiger partial charge in [0.2, 0.25) is 0 Å². The van der Waals surface area contributed by atoms with Crippen LogP contribution in [-0.2, 0) is 0 Å². The van der Waals surface area contributed by atoms with Gasteiger partial charge in [-0.2, -0.15) is 0 Å². The number of rotatable bonds is 2. The Labute approximate surface area is 159 Å². The van der Waals surface area contributed by atoms with Crippen molar-refractivity contribution in [3.63, 3.8) is 0 Å². The first-order chi connectivity index (χ1) is 13.2. The van der Waals surface area contributed by atoms with Gasteiger partial charge in [-0.15, -0.1) is 11.3 Å². The van der Waals surface area contributed by atoms with E-state index in [-0.39, 0.29) is 11.3 Å². The molecular weight excluding hydrogens is 354 g/mol. The number of aromatic hydroxyl groups is 1. The highest BCUT2D eigenvalue weighted by Gasteiger charge is 2.18. The average molecular weight is 369 g/mol. The molecule has 27 heavy (non-hydrogen) atoms. The molecule has 0 spiro atoms. The summed E-state index contributed by atoms with van der Waals surface area (Å²) in [6, 6.07) is 23.7. The van der Waals surface area contributed by atoms with Crippen LogP contribution in [0.2, 0.25) is 0 Å². The first-order valence-electron chi connectivity index (χ1n) is 8.63. The van der Waals surface area contributed by atoms with Crippen LogP contribution in [0.4, 0.5) is 0 Å². The van der Waals surface area contributed by atoms with Crippen molar-refractivity contribution < 1.29 is 5.11 Å². The zero-order chi connectivity index (χ0) is 18.4. The number of pyridine rings is 1. The smallest absolute Gasteiger partial charge is 0.260 e. The van der Waals surface area contributed by atoms with Gasteiger partial charge in [-0.3, -0.25) is 4.79 Å². The topological polar surface area (TPSA) is 53.1 Å². The van der Waals surface area contributed by atoms with Crippen molar-refractivity contribution in [2.24, 2.45) is 0 Å². The minimum absolute atomic E-state index is 0.0318. The zero-order valence-electron chi connectivity index (χ0n) is 14.3. The molecule has 0 saturated carbocycles. The summed E-state index contributed by atoms with van der Waals surface area (Å²) >= 11 is 1.43. The minimum atomic E-state index is -0.280. The maximum Gasteiger partial charge on any atom is 0.260 e. The average Bonchev–Trinajstić information content (AvgIpc) is 3.12. The Bertz CT molecular complexity index is 1350. The first-order valence-corrected chi connectivity index (χ1v) is 9.51. The molecule has 5 rings (SSSR count). The van der Waals surface area contributed by atoms with Crippen molar-refractivity contribution >= 4 is 32.3 Å². The van der Waals surface area contributed by atoms with E-state index in [1.807, 2.05) is 47.8 Å². The van der Waals surface area contributed by atoms with E-state index >= 15 is 0 Å². The Morgan fingerprint density at radius 2 is 1.56 bits per heavy atom. The van der Waals surface area contributed by atoms with Crippen LogP contribution in [-0.4, -0.2) is 10.1 Å². The number of hydrogen-bond donors (Lipinski definition) is 2. The summed E-state index contributed by atoms with van der Waals surface area (Å²) in [7, 11) is 0. The Balaban J connectivity index is 1.80. The van der Waals surface area contributed by atoms with Gasteiger partial charge in [-0.05, 0) is 28.0 Å². The molecule has 2 aromatic heterocycles. The maximum atomic E-state index is 12.6. The summed E-state index contributed by atoms with van der Waals surface area (Å²) in [5.41, 5.74) is 2.67. The van der Waals surface area contributed by atoms with Crippen molar-refractivity contribution in [1.82, 2.24) is 4.98 Å². The number of benzene rings is 3. The summed E-state index contributed by atoms with van der Waals surface area (Å²) in [6.45, 7) is 0. The molecule has 130 valence electrons. The Morgan fingerprint density at radius 3 is 2.37 bits per heavy atom. The molecule has 2 N–H and O–H groups in total. The summed E-state index contributed by atoms with van der Waals surface area (Å²) in [5.74, 6) is 0.0318. The van der Waals surface area contributed by atoms with Crippen LogP contribution < -0.4 is 5.56 Å². The molecule has 0 saturated heterocycles. The Hall–Kier alpha value is -3.37. The van der Waals surface area contributed by atoms with Crippen LogP contribution in [0.25, 0.3) is 43.2 Å². The van der Waals surface area contributed by atoms with Crippen molar-refractivity contribution in [2.75, 3.05) is 0 Å². The van der Waals surface area contributed by atoms with E-state index in [0.29, 0.717) is 21.3 Å². The largest absolute Gasteiger partial charge is 0.506 e. The maximum absolute atomic E-state index is 12.6. The van der Waals surface area contributed by atoms with E-state index in [1.165, 1.54) is 16.7 Å². The predicted octanol–water partition coefficient (Wildman–Crippen LogP) is 5.78. The van der Waals surface area contributed by atoms with Gasteiger partial charge < -0.3 is 10.1 Å². The molecule has 0 fully saturated rings. The van der Waals surface area contributed by atoms with Crippen LogP contribution in [0, 0.1) is 0 Å². The predicted molar refractivity (Wildman–Crippen MR) is 112 cm³/mol. The van der Waals surface area contributed by atoms with E-state index in [0.717, 1.165) is 16.5 Å². The van der Waals surface area contributed by atoms with E-state index in [9.17, 15) is 9.90 Å². The standard InChI is InChI=1S/C23H15NO2S/c25-21-19(15-7-2-1-3-8-15)22(26)24-23-20(21)18(13-27-23)17-11-10-14-6-4-5-9-16(14)12-17/h1-13H,(H2,24,25,26).